The van der Waals surface area contributed by atoms with Gasteiger partial charge in [0, 0.05) is 12.5 Å². The Bertz CT molecular complexity index is 567. The van der Waals surface area contributed by atoms with Crippen LogP contribution in [0.2, 0.25) is 0 Å². The third-order valence-electron chi connectivity index (χ3n) is 3.93. The zero-order valence-corrected chi connectivity index (χ0v) is 13.1. The third-order valence-corrected chi connectivity index (χ3v) is 3.93. The van der Waals surface area contributed by atoms with E-state index in [9.17, 15) is 14.4 Å². The normalized spacial score (nSPS) is 19.6. The number of rotatable bonds is 5. The van der Waals surface area contributed by atoms with Crippen molar-refractivity contribution in [1.82, 2.24) is 4.90 Å². The molecule has 0 aliphatic carbocycles. The van der Waals surface area contributed by atoms with Gasteiger partial charge in [0.15, 0.2) is 0 Å². The lowest BCUT2D eigenvalue weighted by atomic mass is 9.92. The predicted molar refractivity (Wildman–Crippen MR) is 80.5 cm³/mol. The van der Waals surface area contributed by atoms with Crippen molar-refractivity contribution in [3.8, 4) is 0 Å². The molecule has 2 amide bonds. The van der Waals surface area contributed by atoms with Crippen molar-refractivity contribution in [1.29, 1.82) is 0 Å². The fourth-order valence-electron chi connectivity index (χ4n) is 2.63. The molecule has 5 heteroatoms. The molecule has 0 N–H and O–H groups in total. The van der Waals surface area contributed by atoms with Crippen molar-refractivity contribution in [2.45, 2.75) is 39.8 Å². The van der Waals surface area contributed by atoms with E-state index in [0.29, 0.717) is 0 Å². The van der Waals surface area contributed by atoms with Crippen LogP contribution in [-0.4, -0.2) is 28.7 Å². The monoisotopic (exact) mass is 303 g/mol. The van der Waals surface area contributed by atoms with Crippen LogP contribution in [0.5, 0.6) is 0 Å². The SMILES string of the molecule is CC(C(=O)OCc1ccccc1)C1CC(=O)N(C(C)C)C1=O. The molecule has 2 atom stereocenters. The van der Waals surface area contributed by atoms with Crippen molar-refractivity contribution in [3.05, 3.63) is 35.9 Å². The molecule has 2 rings (SSSR count). The van der Waals surface area contributed by atoms with Crippen molar-refractivity contribution in [2.75, 3.05) is 0 Å². The molecule has 0 saturated carbocycles. The second-order valence-corrected chi connectivity index (χ2v) is 5.89. The van der Waals surface area contributed by atoms with Crippen LogP contribution < -0.4 is 0 Å². The van der Waals surface area contributed by atoms with Crippen LogP contribution in [0.3, 0.4) is 0 Å². The molecule has 0 spiro atoms. The molecule has 1 fully saturated rings. The van der Waals surface area contributed by atoms with Crippen LogP contribution in [0.1, 0.15) is 32.8 Å². The molecule has 1 aliphatic rings. The van der Waals surface area contributed by atoms with Gasteiger partial charge in [0.05, 0.1) is 11.8 Å². The number of amides is 2. The Hall–Kier alpha value is -2.17. The smallest absolute Gasteiger partial charge is 0.309 e. The number of nitrogens with zero attached hydrogens (tertiary/aromatic N) is 1. The molecule has 0 radical (unpaired) electrons. The van der Waals surface area contributed by atoms with Crippen LogP contribution in [0, 0.1) is 11.8 Å². The van der Waals surface area contributed by atoms with E-state index >= 15 is 0 Å². The Morgan fingerprint density at radius 2 is 1.86 bits per heavy atom. The average molecular weight is 303 g/mol. The minimum Gasteiger partial charge on any atom is -0.461 e. The number of hydrogen-bond acceptors (Lipinski definition) is 4. The van der Waals surface area contributed by atoms with Gasteiger partial charge < -0.3 is 4.74 Å². The number of ether oxygens (including phenoxy) is 1. The maximum atomic E-state index is 12.3. The Morgan fingerprint density at radius 1 is 1.23 bits per heavy atom. The Balaban J connectivity index is 1.96. The molecule has 2 unspecified atom stereocenters. The first-order chi connectivity index (χ1) is 10.4. The first kappa shape index (κ1) is 16.2. The van der Waals surface area contributed by atoms with E-state index in [2.05, 4.69) is 0 Å². The number of benzene rings is 1. The second kappa shape index (κ2) is 6.73. The molecule has 0 aromatic heterocycles. The zero-order valence-electron chi connectivity index (χ0n) is 13.1. The van der Waals surface area contributed by atoms with Crippen molar-refractivity contribution in [3.63, 3.8) is 0 Å². The number of likely N-dealkylation sites (tertiary alicyclic amines) is 1. The number of carbonyl (C=O) groups excluding carboxylic acids is 3. The number of carbonyl (C=O) groups is 3. The van der Waals surface area contributed by atoms with Gasteiger partial charge in [0.1, 0.15) is 6.61 Å². The Labute approximate surface area is 130 Å². The summed E-state index contributed by atoms with van der Waals surface area (Å²) in [5, 5.41) is 0. The van der Waals surface area contributed by atoms with Gasteiger partial charge in [-0.3, -0.25) is 19.3 Å². The lowest BCUT2D eigenvalue weighted by molar-refractivity contribution is -0.154. The highest BCUT2D eigenvalue weighted by Crippen LogP contribution is 2.29. The third kappa shape index (κ3) is 3.35. The van der Waals surface area contributed by atoms with Crippen LogP contribution in [0.15, 0.2) is 30.3 Å². The fourth-order valence-corrected chi connectivity index (χ4v) is 2.63. The van der Waals surface area contributed by atoms with Gasteiger partial charge in [-0.2, -0.15) is 0 Å². The molecule has 118 valence electrons. The van der Waals surface area contributed by atoms with Gasteiger partial charge in [-0.1, -0.05) is 37.3 Å². The van der Waals surface area contributed by atoms with Gasteiger partial charge in [-0.25, -0.2) is 0 Å². The molecule has 0 bridgehead atoms. The number of esters is 1. The summed E-state index contributed by atoms with van der Waals surface area (Å²) < 4.78 is 5.26. The average Bonchev–Trinajstić information content (AvgIpc) is 2.80. The minimum absolute atomic E-state index is 0.0820. The summed E-state index contributed by atoms with van der Waals surface area (Å²) in [5.41, 5.74) is 0.890. The van der Waals surface area contributed by atoms with E-state index in [1.807, 2.05) is 30.3 Å². The molecule has 1 saturated heterocycles. The zero-order chi connectivity index (χ0) is 16.3. The van der Waals surface area contributed by atoms with Gasteiger partial charge in [0.25, 0.3) is 0 Å². The fraction of sp³-hybridized carbons (Fsp3) is 0.471. The summed E-state index contributed by atoms with van der Waals surface area (Å²) in [7, 11) is 0. The number of hydrogen-bond donors (Lipinski definition) is 0. The van der Waals surface area contributed by atoms with Crippen LogP contribution in [-0.2, 0) is 25.7 Å². The lowest BCUT2D eigenvalue weighted by Gasteiger charge is -2.20. The Morgan fingerprint density at radius 3 is 2.41 bits per heavy atom. The first-order valence-electron chi connectivity index (χ1n) is 7.48. The van der Waals surface area contributed by atoms with Gasteiger partial charge in [-0.05, 0) is 19.4 Å². The predicted octanol–water partition coefficient (Wildman–Crippen LogP) is 2.15. The molecule has 1 aromatic carbocycles. The van der Waals surface area contributed by atoms with E-state index in [0.717, 1.165) is 5.56 Å². The number of imide groups is 1. The van der Waals surface area contributed by atoms with Crippen LogP contribution in [0.4, 0.5) is 0 Å². The van der Waals surface area contributed by atoms with Gasteiger partial charge >= 0.3 is 5.97 Å². The molecule has 5 nitrogen and oxygen atoms in total. The molecular weight excluding hydrogens is 282 g/mol. The van der Waals surface area contributed by atoms with Crippen molar-refractivity contribution in [2.24, 2.45) is 11.8 Å². The summed E-state index contributed by atoms with van der Waals surface area (Å²) in [6.45, 7) is 5.40. The van der Waals surface area contributed by atoms with Gasteiger partial charge in [-0.15, -0.1) is 0 Å². The van der Waals surface area contributed by atoms with E-state index in [1.165, 1.54) is 4.90 Å². The van der Waals surface area contributed by atoms with Crippen LogP contribution in [0.25, 0.3) is 0 Å². The van der Waals surface area contributed by atoms with E-state index in [4.69, 9.17) is 4.74 Å². The minimum atomic E-state index is -0.621. The molecule has 1 aromatic rings. The molecule has 22 heavy (non-hydrogen) atoms. The maximum Gasteiger partial charge on any atom is 0.309 e. The second-order valence-electron chi connectivity index (χ2n) is 5.89. The largest absolute Gasteiger partial charge is 0.461 e. The standard InChI is InChI=1S/C17H21NO4/c1-11(2)18-15(19)9-14(16(18)20)12(3)17(21)22-10-13-7-5-4-6-8-13/h4-8,11-12,14H,9-10H2,1-3H3. The van der Waals surface area contributed by atoms with Gasteiger partial charge in [0.2, 0.25) is 11.8 Å². The van der Waals surface area contributed by atoms with Crippen LogP contribution >= 0.6 is 0 Å². The highest BCUT2D eigenvalue weighted by Gasteiger charge is 2.44. The summed E-state index contributed by atoms with van der Waals surface area (Å²) in [5.74, 6) is -2.17. The summed E-state index contributed by atoms with van der Waals surface area (Å²) in [4.78, 5) is 37.5. The molecular formula is C17H21NO4. The molecule has 1 heterocycles. The first-order valence-corrected chi connectivity index (χ1v) is 7.48. The highest BCUT2D eigenvalue weighted by molar-refractivity contribution is 6.05. The topological polar surface area (TPSA) is 63.7 Å². The van der Waals surface area contributed by atoms with E-state index < -0.39 is 17.8 Å². The quantitative estimate of drug-likeness (QED) is 0.617. The summed E-state index contributed by atoms with van der Waals surface area (Å²) >= 11 is 0. The lowest BCUT2D eigenvalue weighted by Crippen LogP contribution is -2.38. The summed E-state index contributed by atoms with van der Waals surface area (Å²) in [6, 6.07) is 9.17. The van der Waals surface area contributed by atoms with Crippen molar-refractivity contribution >= 4 is 17.8 Å². The van der Waals surface area contributed by atoms with E-state index in [1.54, 1.807) is 20.8 Å². The van der Waals surface area contributed by atoms with E-state index in [-0.39, 0.29) is 30.9 Å². The maximum absolute atomic E-state index is 12.3. The highest BCUT2D eigenvalue weighted by atomic mass is 16.5. The molecule has 1 aliphatic heterocycles. The van der Waals surface area contributed by atoms with Crippen molar-refractivity contribution < 1.29 is 19.1 Å². The summed E-state index contributed by atoms with van der Waals surface area (Å²) in [6.07, 6.45) is 0.0820. The Kier molecular flexibility index (Phi) is 4.96.